The van der Waals surface area contributed by atoms with E-state index < -0.39 is 0 Å². The van der Waals surface area contributed by atoms with E-state index in [1.165, 1.54) is 11.5 Å². The first-order valence-electron chi connectivity index (χ1n) is 4.10. The molecule has 0 amide bonds. The van der Waals surface area contributed by atoms with Gasteiger partial charge in [-0.1, -0.05) is 16.6 Å². The van der Waals surface area contributed by atoms with Crippen LogP contribution >= 0.6 is 11.5 Å². The molecule has 0 saturated heterocycles. The van der Waals surface area contributed by atoms with Crippen LogP contribution in [0.15, 0.2) is 4.52 Å². The van der Waals surface area contributed by atoms with Gasteiger partial charge in [0.2, 0.25) is 0 Å². The van der Waals surface area contributed by atoms with E-state index in [2.05, 4.69) is 19.7 Å². The summed E-state index contributed by atoms with van der Waals surface area (Å²) in [5.74, 6) is 0.649. The maximum Gasteiger partial charge on any atom is 0.271 e. The lowest BCUT2D eigenvalue weighted by atomic mass is 10.3. The number of aryl methyl sites for hydroxylation is 1. The summed E-state index contributed by atoms with van der Waals surface area (Å²) in [5.41, 5.74) is 0.836. The van der Waals surface area contributed by atoms with E-state index in [9.17, 15) is 0 Å². The van der Waals surface area contributed by atoms with E-state index in [1.807, 2.05) is 6.92 Å². The fourth-order valence-corrected chi connectivity index (χ4v) is 1.69. The summed E-state index contributed by atoms with van der Waals surface area (Å²) < 4.78 is 8.76. The molecule has 0 aliphatic rings. The highest BCUT2D eigenvalue weighted by Gasteiger charge is 2.15. The monoisotopic (exact) mass is 212 g/mol. The quantitative estimate of drug-likeness (QED) is 0.803. The van der Waals surface area contributed by atoms with Crippen LogP contribution in [0.25, 0.3) is 10.8 Å². The van der Waals surface area contributed by atoms with Crippen molar-refractivity contribution < 1.29 is 9.63 Å². The summed E-state index contributed by atoms with van der Waals surface area (Å²) in [7, 11) is 0. The van der Waals surface area contributed by atoms with Crippen molar-refractivity contribution in [3.8, 4) is 10.8 Å². The van der Waals surface area contributed by atoms with Gasteiger partial charge in [-0.3, -0.25) is 0 Å². The van der Waals surface area contributed by atoms with Crippen LogP contribution < -0.4 is 0 Å². The Bertz CT molecular complexity index is 425. The third-order valence-corrected chi connectivity index (χ3v) is 2.45. The molecule has 0 radical (unpaired) electrons. The molecule has 0 spiro atoms. The van der Waals surface area contributed by atoms with E-state index >= 15 is 0 Å². The van der Waals surface area contributed by atoms with Gasteiger partial charge in [-0.2, -0.15) is 4.98 Å². The Kier molecular flexibility index (Phi) is 2.51. The average molecular weight is 212 g/mol. The zero-order chi connectivity index (χ0) is 9.97. The lowest BCUT2D eigenvalue weighted by Crippen LogP contribution is -1.86. The number of aliphatic hydroxyl groups excluding tert-OH is 1. The maximum atomic E-state index is 8.76. The molecule has 0 unspecified atom stereocenters. The minimum atomic E-state index is -0.225. The smallest absolute Gasteiger partial charge is 0.271 e. The van der Waals surface area contributed by atoms with Gasteiger partial charge < -0.3 is 9.63 Å². The number of nitrogens with zero attached hydrogens (tertiary/aromatic N) is 4. The fourth-order valence-electron chi connectivity index (χ4n) is 1.01. The standard InChI is InChI=1S/C7H8N4O2S/c1-2-4-6(14-11-9-4)7-8-5(3-12)10-13-7/h12H,2-3H2,1H3. The molecular formula is C7H8N4O2S. The Hall–Kier alpha value is -1.34. The van der Waals surface area contributed by atoms with Crippen molar-refractivity contribution in [1.82, 2.24) is 19.7 Å². The fraction of sp³-hybridized carbons (Fsp3) is 0.429. The molecule has 14 heavy (non-hydrogen) atoms. The van der Waals surface area contributed by atoms with Crippen molar-refractivity contribution >= 4 is 11.5 Å². The van der Waals surface area contributed by atoms with Crippen molar-refractivity contribution in [2.45, 2.75) is 20.0 Å². The maximum absolute atomic E-state index is 8.76. The molecule has 2 aromatic rings. The summed E-state index contributed by atoms with van der Waals surface area (Å²) in [4.78, 5) is 4.76. The molecule has 0 bridgehead atoms. The van der Waals surface area contributed by atoms with Crippen LogP contribution in [-0.2, 0) is 13.0 Å². The Morgan fingerprint density at radius 3 is 3.00 bits per heavy atom. The van der Waals surface area contributed by atoms with E-state index in [-0.39, 0.29) is 12.4 Å². The van der Waals surface area contributed by atoms with Gasteiger partial charge in [0.05, 0.1) is 5.69 Å². The van der Waals surface area contributed by atoms with Gasteiger partial charge in [0, 0.05) is 0 Å². The highest BCUT2D eigenvalue weighted by Crippen LogP contribution is 2.24. The molecule has 74 valence electrons. The Morgan fingerprint density at radius 1 is 1.50 bits per heavy atom. The third-order valence-electron chi connectivity index (χ3n) is 1.69. The zero-order valence-corrected chi connectivity index (χ0v) is 8.28. The molecule has 0 aromatic carbocycles. The van der Waals surface area contributed by atoms with E-state index in [0.29, 0.717) is 5.89 Å². The Morgan fingerprint density at radius 2 is 2.36 bits per heavy atom. The van der Waals surface area contributed by atoms with Gasteiger partial charge in [-0.25, -0.2) is 0 Å². The second-order valence-electron chi connectivity index (χ2n) is 2.58. The topological polar surface area (TPSA) is 84.9 Å². The van der Waals surface area contributed by atoms with Crippen LogP contribution in [-0.4, -0.2) is 24.8 Å². The van der Waals surface area contributed by atoms with Crippen LogP contribution in [0.4, 0.5) is 0 Å². The predicted octanol–water partition coefficient (Wildman–Crippen LogP) is 0.643. The summed E-state index contributed by atoms with van der Waals surface area (Å²) in [6, 6.07) is 0. The first kappa shape index (κ1) is 9.22. The van der Waals surface area contributed by atoms with Crippen molar-refractivity contribution in [3.63, 3.8) is 0 Å². The normalized spacial score (nSPS) is 10.7. The Balaban J connectivity index is 2.38. The molecule has 6 nitrogen and oxygen atoms in total. The molecule has 0 atom stereocenters. The van der Waals surface area contributed by atoms with E-state index in [4.69, 9.17) is 9.63 Å². The number of aliphatic hydroxyl groups is 1. The summed E-state index contributed by atoms with van der Waals surface area (Å²) in [5, 5.41) is 16.3. The van der Waals surface area contributed by atoms with Gasteiger partial charge in [0.25, 0.3) is 5.89 Å². The summed E-state index contributed by atoms with van der Waals surface area (Å²) in [6.45, 7) is 1.75. The third kappa shape index (κ3) is 1.51. The summed E-state index contributed by atoms with van der Waals surface area (Å²) >= 11 is 1.21. The highest BCUT2D eigenvalue weighted by molar-refractivity contribution is 7.09. The Labute approximate surface area is 83.8 Å². The molecule has 2 heterocycles. The summed E-state index contributed by atoms with van der Waals surface area (Å²) in [6.07, 6.45) is 0.767. The second kappa shape index (κ2) is 3.81. The van der Waals surface area contributed by atoms with Crippen molar-refractivity contribution in [1.29, 1.82) is 0 Å². The van der Waals surface area contributed by atoms with Crippen molar-refractivity contribution in [3.05, 3.63) is 11.5 Å². The lowest BCUT2D eigenvalue weighted by molar-refractivity contribution is 0.264. The first-order valence-corrected chi connectivity index (χ1v) is 4.87. The molecule has 2 aromatic heterocycles. The van der Waals surface area contributed by atoms with Crippen LogP contribution in [0.2, 0.25) is 0 Å². The predicted molar refractivity (Wildman–Crippen MR) is 48.5 cm³/mol. The number of hydrogen-bond donors (Lipinski definition) is 1. The molecule has 0 fully saturated rings. The molecule has 2 rings (SSSR count). The molecule has 0 aliphatic carbocycles. The van der Waals surface area contributed by atoms with Crippen molar-refractivity contribution in [2.24, 2.45) is 0 Å². The first-order chi connectivity index (χ1) is 6.85. The molecule has 7 heteroatoms. The number of rotatable bonds is 3. The molecular weight excluding hydrogens is 204 g/mol. The van der Waals surface area contributed by atoms with Gasteiger partial charge in [0.1, 0.15) is 11.5 Å². The molecule has 0 aliphatic heterocycles. The zero-order valence-electron chi connectivity index (χ0n) is 7.47. The van der Waals surface area contributed by atoms with Crippen LogP contribution in [0.3, 0.4) is 0 Å². The van der Waals surface area contributed by atoms with E-state index in [0.717, 1.165) is 17.0 Å². The minimum Gasteiger partial charge on any atom is -0.388 e. The largest absolute Gasteiger partial charge is 0.388 e. The second-order valence-corrected chi connectivity index (χ2v) is 3.33. The van der Waals surface area contributed by atoms with Gasteiger partial charge in [0.15, 0.2) is 5.82 Å². The number of hydrogen-bond acceptors (Lipinski definition) is 7. The SMILES string of the molecule is CCc1nnsc1-c1nc(CO)no1. The van der Waals surface area contributed by atoms with Crippen LogP contribution in [0.5, 0.6) is 0 Å². The highest BCUT2D eigenvalue weighted by atomic mass is 32.1. The van der Waals surface area contributed by atoms with Gasteiger partial charge >= 0.3 is 0 Å². The lowest BCUT2D eigenvalue weighted by Gasteiger charge is -1.88. The molecule has 1 N–H and O–H groups in total. The van der Waals surface area contributed by atoms with Gasteiger partial charge in [-0.15, -0.1) is 5.10 Å². The van der Waals surface area contributed by atoms with Gasteiger partial charge in [-0.05, 0) is 18.0 Å². The van der Waals surface area contributed by atoms with Crippen LogP contribution in [0, 0.1) is 0 Å². The minimum absolute atomic E-state index is 0.225. The van der Waals surface area contributed by atoms with Crippen molar-refractivity contribution in [2.75, 3.05) is 0 Å². The average Bonchev–Trinajstić information content (AvgIpc) is 2.85. The number of aromatic nitrogens is 4. The molecule has 0 saturated carbocycles. The van der Waals surface area contributed by atoms with E-state index in [1.54, 1.807) is 0 Å². The van der Waals surface area contributed by atoms with Crippen LogP contribution in [0.1, 0.15) is 18.4 Å².